The number of rotatable bonds is 13. The van der Waals surface area contributed by atoms with Gasteiger partial charge in [-0.15, -0.1) is 0 Å². The lowest BCUT2D eigenvalue weighted by Gasteiger charge is -2.03. The highest BCUT2D eigenvalue weighted by molar-refractivity contribution is 5.33. The Bertz CT molecular complexity index is 382. The van der Waals surface area contributed by atoms with E-state index >= 15 is 0 Å². The average Bonchev–Trinajstić information content (AvgIpc) is 2.53. The second kappa shape index (κ2) is 13.6. The number of benzene rings is 1. The Hall–Kier alpha value is -1.40. The van der Waals surface area contributed by atoms with Crippen LogP contribution in [0.2, 0.25) is 0 Å². The van der Waals surface area contributed by atoms with E-state index in [-0.39, 0.29) is 0 Å². The van der Waals surface area contributed by atoms with Gasteiger partial charge in [-0.05, 0) is 24.8 Å². The summed E-state index contributed by atoms with van der Waals surface area (Å²) in [5, 5.41) is 0. The van der Waals surface area contributed by atoms with E-state index in [0.717, 1.165) is 12.8 Å². The molecule has 0 fully saturated rings. The Morgan fingerprint density at radius 2 is 1.38 bits per heavy atom. The lowest BCUT2D eigenvalue weighted by molar-refractivity contribution is 0.555. The molecule has 2 nitrogen and oxygen atoms in total. The highest BCUT2D eigenvalue weighted by Gasteiger charge is 1.94. The molecule has 0 bridgehead atoms. The van der Waals surface area contributed by atoms with Crippen molar-refractivity contribution in [1.29, 1.82) is 0 Å². The van der Waals surface area contributed by atoms with Crippen LogP contribution in [0.25, 0.3) is 0 Å². The number of unbranched alkanes of at least 4 members (excludes halogenated alkanes) is 9. The lowest BCUT2D eigenvalue weighted by Crippen LogP contribution is -1.86. The van der Waals surface area contributed by atoms with Crippen molar-refractivity contribution in [3.8, 4) is 0 Å². The van der Waals surface area contributed by atoms with E-state index in [1.807, 2.05) is 0 Å². The maximum atomic E-state index is 9.84. The number of isocyanates is 1. The molecule has 0 spiro atoms. The summed E-state index contributed by atoms with van der Waals surface area (Å²) in [5.74, 6) is 0. The second-order valence-electron chi connectivity index (χ2n) is 5.61. The molecule has 1 aromatic carbocycles. The molecule has 0 N–H and O–H groups in total. The third kappa shape index (κ3) is 11.0. The zero-order valence-corrected chi connectivity index (χ0v) is 13.1. The van der Waals surface area contributed by atoms with Crippen molar-refractivity contribution in [2.75, 3.05) is 0 Å². The molecule has 1 aromatic rings. The van der Waals surface area contributed by atoms with E-state index in [2.05, 4.69) is 35.3 Å². The summed E-state index contributed by atoms with van der Waals surface area (Å²) >= 11 is 0. The first-order chi connectivity index (χ1) is 10.4. The van der Waals surface area contributed by atoms with Crippen molar-refractivity contribution in [3.63, 3.8) is 0 Å². The van der Waals surface area contributed by atoms with Crippen LogP contribution in [0.4, 0.5) is 0 Å². The van der Waals surface area contributed by atoms with Crippen LogP contribution >= 0.6 is 0 Å². The Balaban J connectivity index is 1.77. The van der Waals surface area contributed by atoms with Crippen molar-refractivity contribution in [2.24, 2.45) is 4.99 Å². The smallest absolute Gasteiger partial charge is 0.211 e. The Labute approximate surface area is 129 Å². The quantitative estimate of drug-likeness (QED) is 0.262. The average molecular weight is 286 g/mol. The number of hydrogen-bond acceptors (Lipinski definition) is 2. The van der Waals surface area contributed by atoms with Gasteiger partial charge in [-0.3, -0.25) is 0 Å². The minimum atomic E-state index is 0.911. The molecule has 0 unspecified atom stereocenters. The Morgan fingerprint density at radius 3 is 2.00 bits per heavy atom. The van der Waals surface area contributed by atoms with Crippen LogP contribution in [-0.2, 0) is 11.2 Å². The van der Waals surface area contributed by atoms with Crippen molar-refractivity contribution in [1.82, 2.24) is 0 Å². The highest BCUT2D eigenvalue weighted by Crippen LogP contribution is 2.12. The van der Waals surface area contributed by atoms with E-state index in [1.165, 1.54) is 69.4 Å². The fraction of sp³-hybridized carbons (Fsp3) is 0.579. The van der Waals surface area contributed by atoms with Gasteiger partial charge in [-0.2, -0.15) is 0 Å². The number of aliphatic imine (C=N–C) groups is 1. The van der Waals surface area contributed by atoms with E-state index in [1.54, 1.807) is 6.54 Å². The van der Waals surface area contributed by atoms with Crippen LogP contribution in [0.3, 0.4) is 0 Å². The van der Waals surface area contributed by atoms with Crippen molar-refractivity contribution in [3.05, 3.63) is 42.4 Å². The van der Waals surface area contributed by atoms with Gasteiger partial charge in [0.05, 0.1) is 6.54 Å². The summed E-state index contributed by atoms with van der Waals surface area (Å²) in [6.45, 7) is 1.67. The molecular weight excluding hydrogens is 258 g/mol. The maximum Gasteiger partial charge on any atom is 0.235 e. The Morgan fingerprint density at radius 1 is 0.810 bits per heavy atom. The molecule has 0 aliphatic heterocycles. The monoisotopic (exact) mass is 286 g/mol. The topological polar surface area (TPSA) is 29.4 Å². The van der Waals surface area contributed by atoms with Crippen molar-refractivity contribution >= 4 is 6.08 Å². The number of hydrogen-bond donors (Lipinski definition) is 0. The molecule has 0 aliphatic carbocycles. The van der Waals surface area contributed by atoms with Crippen LogP contribution < -0.4 is 0 Å². The summed E-state index contributed by atoms with van der Waals surface area (Å²) in [6.07, 6.45) is 15.5. The summed E-state index contributed by atoms with van der Waals surface area (Å²) in [7, 11) is 0. The van der Waals surface area contributed by atoms with E-state index in [4.69, 9.17) is 0 Å². The molecule has 21 heavy (non-hydrogen) atoms. The fourth-order valence-electron chi connectivity index (χ4n) is 2.55. The minimum Gasteiger partial charge on any atom is -0.211 e. The van der Waals surface area contributed by atoms with Gasteiger partial charge in [-0.1, -0.05) is 81.7 Å². The molecule has 0 atom stereocenters. The summed E-state index contributed by atoms with van der Waals surface area (Å²) in [6, 6.07) is 10.8. The molecular formula is C19H28NO. The fourth-order valence-corrected chi connectivity index (χ4v) is 2.55. The van der Waals surface area contributed by atoms with Crippen LogP contribution in [0.15, 0.2) is 35.3 Å². The van der Waals surface area contributed by atoms with Crippen LogP contribution in [0.1, 0.15) is 69.8 Å². The van der Waals surface area contributed by atoms with E-state index < -0.39 is 0 Å². The first-order valence-electron chi connectivity index (χ1n) is 8.36. The Kier molecular flexibility index (Phi) is 11.4. The third-order valence-electron chi connectivity index (χ3n) is 3.79. The van der Waals surface area contributed by atoms with Gasteiger partial charge in [0, 0.05) is 0 Å². The van der Waals surface area contributed by atoms with Gasteiger partial charge in [0.1, 0.15) is 0 Å². The van der Waals surface area contributed by atoms with Gasteiger partial charge >= 0.3 is 0 Å². The zero-order valence-electron chi connectivity index (χ0n) is 13.1. The van der Waals surface area contributed by atoms with Crippen LogP contribution in [0.5, 0.6) is 0 Å². The molecule has 115 valence electrons. The third-order valence-corrected chi connectivity index (χ3v) is 3.79. The number of nitrogens with zero attached hydrogens (tertiary/aromatic N) is 1. The SMILES string of the molecule is O=C=N[CH]CCCCCCCCCCCc1ccccc1. The maximum absolute atomic E-state index is 9.84. The van der Waals surface area contributed by atoms with Gasteiger partial charge in [0.2, 0.25) is 6.08 Å². The summed E-state index contributed by atoms with van der Waals surface area (Å²) in [5.41, 5.74) is 1.47. The largest absolute Gasteiger partial charge is 0.235 e. The minimum absolute atomic E-state index is 0.911. The molecule has 0 heterocycles. The summed E-state index contributed by atoms with van der Waals surface area (Å²) in [4.78, 5) is 13.3. The van der Waals surface area contributed by atoms with Crippen molar-refractivity contribution < 1.29 is 4.79 Å². The van der Waals surface area contributed by atoms with Crippen molar-refractivity contribution in [2.45, 2.75) is 70.6 Å². The van der Waals surface area contributed by atoms with Gasteiger partial charge in [0.25, 0.3) is 0 Å². The predicted molar refractivity (Wildman–Crippen MR) is 88.7 cm³/mol. The number of aryl methyl sites for hydroxylation is 1. The zero-order chi connectivity index (χ0) is 15.0. The van der Waals surface area contributed by atoms with Crippen LogP contribution in [0, 0.1) is 6.54 Å². The second-order valence-corrected chi connectivity index (χ2v) is 5.61. The normalized spacial score (nSPS) is 10.3. The molecule has 0 saturated heterocycles. The van der Waals surface area contributed by atoms with Crippen LogP contribution in [-0.4, -0.2) is 6.08 Å². The molecule has 1 rings (SSSR count). The molecule has 0 aliphatic rings. The predicted octanol–water partition coefficient (Wildman–Crippen LogP) is 5.63. The first-order valence-corrected chi connectivity index (χ1v) is 8.36. The van der Waals surface area contributed by atoms with E-state index in [9.17, 15) is 4.79 Å². The molecule has 0 aromatic heterocycles. The van der Waals surface area contributed by atoms with Gasteiger partial charge < -0.3 is 0 Å². The first kappa shape index (κ1) is 17.7. The molecule has 0 saturated carbocycles. The van der Waals surface area contributed by atoms with E-state index in [0.29, 0.717) is 0 Å². The highest BCUT2D eigenvalue weighted by atomic mass is 16.1. The molecule has 1 radical (unpaired) electrons. The molecule has 0 amide bonds. The lowest BCUT2D eigenvalue weighted by atomic mass is 10.0. The number of carbonyl (C=O) groups excluding carboxylic acids is 1. The van der Waals surface area contributed by atoms with Gasteiger partial charge in [-0.25, -0.2) is 9.79 Å². The summed E-state index contributed by atoms with van der Waals surface area (Å²) < 4.78 is 0. The van der Waals surface area contributed by atoms with Gasteiger partial charge in [0.15, 0.2) is 0 Å². The standard InChI is InChI=1S/C19H28NO/c21-18-20-17-13-8-6-4-2-1-3-5-7-10-14-19-15-11-9-12-16-19/h9,11-12,15-17H,1-8,10,13-14H2. The molecule has 2 heteroatoms.